The van der Waals surface area contributed by atoms with Gasteiger partial charge in [-0.05, 0) is 37.5 Å². The van der Waals surface area contributed by atoms with Crippen molar-refractivity contribution < 1.29 is 0 Å². The number of rotatable bonds is 5. The Morgan fingerprint density at radius 1 is 1.00 bits per heavy atom. The number of hydrogen-bond donors (Lipinski definition) is 2. The minimum Gasteiger partial charge on any atom is -0.367 e. The van der Waals surface area contributed by atoms with Gasteiger partial charge in [0.05, 0.1) is 5.52 Å². The summed E-state index contributed by atoms with van der Waals surface area (Å²) in [6, 6.07) is 17.2. The average Bonchev–Trinajstić information content (AvgIpc) is 3.38. The number of para-hydroxylation sites is 1. The Balaban J connectivity index is 1.59. The SMILES string of the molecule is Cc1ccc(CNc2nc(NC3CC3)c3ccccc3n2)cc1. The van der Waals surface area contributed by atoms with Crippen LogP contribution in [0.4, 0.5) is 11.8 Å². The Bertz CT molecular complexity index is 822. The van der Waals surface area contributed by atoms with Gasteiger partial charge in [-0.2, -0.15) is 4.98 Å². The molecule has 2 N–H and O–H groups in total. The molecule has 0 atom stereocenters. The molecule has 1 aliphatic rings. The maximum Gasteiger partial charge on any atom is 0.225 e. The van der Waals surface area contributed by atoms with Crippen molar-refractivity contribution >= 4 is 22.7 Å². The number of hydrogen-bond acceptors (Lipinski definition) is 4. The van der Waals surface area contributed by atoms with Crippen molar-refractivity contribution in [1.82, 2.24) is 9.97 Å². The molecule has 4 nitrogen and oxygen atoms in total. The van der Waals surface area contributed by atoms with Crippen molar-refractivity contribution in [2.24, 2.45) is 0 Å². The molecule has 0 aliphatic heterocycles. The fourth-order valence-electron chi connectivity index (χ4n) is 2.57. The first kappa shape index (κ1) is 14.0. The minimum absolute atomic E-state index is 0.568. The standard InChI is InChI=1S/C19H20N4/c1-13-6-8-14(9-7-13)12-20-19-22-17-5-3-2-4-16(17)18(23-19)21-15-10-11-15/h2-9,15H,10-12H2,1H3,(H2,20,21,22,23). The minimum atomic E-state index is 0.568. The fraction of sp³-hybridized carbons (Fsp3) is 0.263. The lowest BCUT2D eigenvalue weighted by Gasteiger charge is -2.11. The van der Waals surface area contributed by atoms with Crippen LogP contribution >= 0.6 is 0 Å². The van der Waals surface area contributed by atoms with Crippen molar-refractivity contribution in [2.75, 3.05) is 10.6 Å². The van der Waals surface area contributed by atoms with Crippen molar-refractivity contribution in [2.45, 2.75) is 32.4 Å². The van der Waals surface area contributed by atoms with Gasteiger partial charge in [-0.1, -0.05) is 42.0 Å². The summed E-state index contributed by atoms with van der Waals surface area (Å²) in [7, 11) is 0. The van der Waals surface area contributed by atoms with E-state index in [2.05, 4.69) is 57.9 Å². The highest BCUT2D eigenvalue weighted by atomic mass is 15.2. The Morgan fingerprint density at radius 3 is 2.57 bits per heavy atom. The molecule has 23 heavy (non-hydrogen) atoms. The summed E-state index contributed by atoms with van der Waals surface area (Å²) in [6.45, 7) is 2.82. The van der Waals surface area contributed by atoms with Crippen LogP contribution in [0.15, 0.2) is 48.5 Å². The Morgan fingerprint density at radius 2 is 1.78 bits per heavy atom. The lowest BCUT2D eigenvalue weighted by molar-refractivity contribution is 1.05. The monoisotopic (exact) mass is 304 g/mol. The van der Waals surface area contributed by atoms with Crippen LogP contribution in [0.2, 0.25) is 0 Å². The molecule has 0 radical (unpaired) electrons. The number of aryl methyl sites for hydroxylation is 1. The van der Waals surface area contributed by atoms with E-state index in [0.29, 0.717) is 12.0 Å². The highest BCUT2D eigenvalue weighted by Crippen LogP contribution is 2.28. The molecule has 1 heterocycles. The summed E-state index contributed by atoms with van der Waals surface area (Å²) in [6.07, 6.45) is 2.45. The largest absolute Gasteiger partial charge is 0.367 e. The summed E-state index contributed by atoms with van der Waals surface area (Å²) in [5, 5.41) is 7.94. The predicted octanol–water partition coefficient (Wildman–Crippen LogP) is 4.12. The number of benzene rings is 2. The van der Waals surface area contributed by atoms with E-state index in [0.717, 1.165) is 23.3 Å². The van der Waals surface area contributed by atoms with Gasteiger partial charge in [0.25, 0.3) is 0 Å². The fourth-order valence-corrected chi connectivity index (χ4v) is 2.57. The number of nitrogens with one attached hydrogen (secondary N) is 2. The maximum atomic E-state index is 4.68. The first-order valence-corrected chi connectivity index (χ1v) is 8.11. The van der Waals surface area contributed by atoms with Gasteiger partial charge in [0.15, 0.2) is 0 Å². The zero-order chi connectivity index (χ0) is 15.6. The van der Waals surface area contributed by atoms with E-state index in [4.69, 9.17) is 0 Å². The van der Waals surface area contributed by atoms with Gasteiger partial charge in [0, 0.05) is 18.0 Å². The van der Waals surface area contributed by atoms with Crippen LogP contribution in [0.5, 0.6) is 0 Å². The normalized spacial score (nSPS) is 14.0. The third kappa shape index (κ3) is 3.26. The van der Waals surface area contributed by atoms with E-state index < -0.39 is 0 Å². The smallest absolute Gasteiger partial charge is 0.225 e. The molecule has 1 saturated carbocycles. The van der Waals surface area contributed by atoms with E-state index in [1.165, 1.54) is 24.0 Å². The average molecular weight is 304 g/mol. The van der Waals surface area contributed by atoms with Crippen LogP contribution in [-0.2, 0) is 6.54 Å². The Labute approximate surface area is 136 Å². The summed E-state index contributed by atoms with van der Waals surface area (Å²) < 4.78 is 0. The molecule has 0 amide bonds. The molecule has 0 unspecified atom stereocenters. The van der Waals surface area contributed by atoms with Gasteiger partial charge in [0.2, 0.25) is 5.95 Å². The maximum absolute atomic E-state index is 4.68. The first-order valence-electron chi connectivity index (χ1n) is 8.11. The van der Waals surface area contributed by atoms with Crippen molar-refractivity contribution in [3.8, 4) is 0 Å². The summed E-state index contributed by atoms with van der Waals surface area (Å²) in [5.41, 5.74) is 3.47. The zero-order valence-corrected chi connectivity index (χ0v) is 13.2. The molecule has 4 heteroatoms. The van der Waals surface area contributed by atoms with Crippen LogP contribution in [0.1, 0.15) is 24.0 Å². The molecule has 3 aromatic rings. The molecular weight excluding hydrogens is 284 g/mol. The molecule has 0 bridgehead atoms. The topological polar surface area (TPSA) is 49.8 Å². The van der Waals surface area contributed by atoms with E-state index >= 15 is 0 Å². The van der Waals surface area contributed by atoms with Gasteiger partial charge in [-0.25, -0.2) is 4.98 Å². The predicted molar refractivity (Wildman–Crippen MR) is 94.7 cm³/mol. The van der Waals surface area contributed by atoms with Gasteiger partial charge in [-0.3, -0.25) is 0 Å². The molecule has 1 aromatic heterocycles. The summed E-state index contributed by atoms with van der Waals surface area (Å²) in [4.78, 5) is 9.31. The molecular formula is C19H20N4. The van der Waals surface area contributed by atoms with E-state index in [1.807, 2.05) is 18.2 Å². The Hall–Kier alpha value is -2.62. The second-order valence-corrected chi connectivity index (χ2v) is 6.17. The van der Waals surface area contributed by atoms with Crippen LogP contribution in [0.25, 0.3) is 10.9 Å². The highest BCUT2D eigenvalue weighted by molar-refractivity contribution is 5.90. The molecule has 4 rings (SSSR count). The second kappa shape index (κ2) is 5.88. The zero-order valence-electron chi connectivity index (χ0n) is 13.2. The van der Waals surface area contributed by atoms with E-state index in [-0.39, 0.29) is 0 Å². The molecule has 1 fully saturated rings. The molecule has 2 aromatic carbocycles. The second-order valence-electron chi connectivity index (χ2n) is 6.17. The third-order valence-electron chi connectivity index (χ3n) is 4.09. The summed E-state index contributed by atoms with van der Waals surface area (Å²) >= 11 is 0. The number of anilines is 2. The van der Waals surface area contributed by atoms with Crippen LogP contribution in [0.3, 0.4) is 0 Å². The van der Waals surface area contributed by atoms with Crippen molar-refractivity contribution in [3.05, 3.63) is 59.7 Å². The molecule has 116 valence electrons. The lowest BCUT2D eigenvalue weighted by atomic mass is 10.1. The van der Waals surface area contributed by atoms with Gasteiger partial charge in [0.1, 0.15) is 5.82 Å². The highest BCUT2D eigenvalue weighted by Gasteiger charge is 2.22. The van der Waals surface area contributed by atoms with Crippen molar-refractivity contribution in [1.29, 1.82) is 0 Å². The van der Waals surface area contributed by atoms with Crippen LogP contribution < -0.4 is 10.6 Å². The van der Waals surface area contributed by atoms with Crippen LogP contribution in [-0.4, -0.2) is 16.0 Å². The molecule has 0 spiro atoms. The lowest BCUT2D eigenvalue weighted by Crippen LogP contribution is -2.09. The van der Waals surface area contributed by atoms with Gasteiger partial charge < -0.3 is 10.6 Å². The third-order valence-corrected chi connectivity index (χ3v) is 4.09. The van der Waals surface area contributed by atoms with Crippen LogP contribution in [0, 0.1) is 6.92 Å². The van der Waals surface area contributed by atoms with Gasteiger partial charge in [-0.15, -0.1) is 0 Å². The van der Waals surface area contributed by atoms with E-state index in [1.54, 1.807) is 0 Å². The van der Waals surface area contributed by atoms with E-state index in [9.17, 15) is 0 Å². The van der Waals surface area contributed by atoms with Gasteiger partial charge >= 0.3 is 0 Å². The number of aromatic nitrogens is 2. The first-order chi connectivity index (χ1) is 11.3. The Kier molecular flexibility index (Phi) is 3.58. The molecule has 0 saturated heterocycles. The quantitative estimate of drug-likeness (QED) is 0.744. The summed E-state index contributed by atoms with van der Waals surface area (Å²) in [5.74, 6) is 1.61. The number of fused-ring (bicyclic) bond motifs is 1. The number of nitrogens with zero attached hydrogens (tertiary/aromatic N) is 2. The van der Waals surface area contributed by atoms with Crippen molar-refractivity contribution in [3.63, 3.8) is 0 Å². The molecule has 1 aliphatic carbocycles.